The van der Waals surface area contributed by atoms with Crippen LogP contribution in [0.1, 0.15) is 34.6 Å². The molecule has 0 aliphatic carbocycles. The second kappa shape index (κ2) is 10.4. The van der Waals surface area contributed by atoms with Crippen molar-refractivity contribution in [2.75, 3.05) is 26.9 Å². The van der Waals surface area contributed by atoms with E-state index in [1.165, 1.54) is 24.5 Å². The molecule has 160 valence electrons. The maximum atomic E-state index is 14.3. The Morgan fingerprint density at radius 2 is 1.87 bits per heavy atom. The lowest BCUT2D eigenvalue weighted by atomic mass is 10.1. The molecule has 0 bridgehead atoms. The summed E-state index contributed by atoms with van der Waals surface area (Å²) in [6.45, 7) is 5.59. The van der Waals surface area contributed by atoms with Gasteiger partial charge in [-0.05, 0) is 50.1 Å². The van der Waals surface area contributed by atoms with E-state index >= 15 is 0 Å². The molecule has 1 aromatic heterocycles. The highest BCUT2D eigenvalue weighted by Crippen LogP contribution is 2.34. The van der Waals surface area contributed by atoms with Crippen LogP contribution in [0.4, 0.5) is 4.39 Å². The van der Waals surface area contributed by atoms with Crippen LogP contribution in [0, 0.1) is 5.82 Å². The van der Waals surface area contributed by atoms with Crippen LogP contribution in [0.25, 0.3) is 10.1 Å². The van der Waals surface area contributed by atoms with E-state index in [1.54, 1.807) is 6.07 Å². The molecule has 7 heteroatoms. The highest BCUT2D eigenvalue weighted by molar-refractivity contribution is 7.21. The molecule has 0 radical (unpaired) electrons. The van der Waals surface area contributed by atoms with Gasteiger partial charge in [0.15, 0.2) is 11.5 Å². The van der Waals surface area contributed by atoms with Crippen molar-refractivity contribution in [3.8, 4) is 11.5 Å². The highest BCUT2D eigenvalue weighted by atomic mass is 32.1. The van der Waals surface area contributed by atoms with Crippen LogP contribution in [0.15, 0.2) is 36.4 Å². The molecule has 0 saturated carbocycles. The summed E-state index contributed by atoms with van der Waals surface area (Å²) in [7, 11) is 1.54. The van der Waals surface area contributed by atoms with E-state index in [-0.39, 0.29) is 18.3 Å². The Morgan fingerprint density at radius 1 is 1.10 bits per heavy atom. The van der Waals surface area contributed by atoms with Gasteiger partial charge < -0.3 is 19.5 Å². The average Bonchev–Trinajstić information content (AvgIpc) is 3.10. The van der Waals surface area contributed by atoms with Gasteiger partial charge in [0.25, 0.3) is 5.91 Å². The fourth-order valence-electron chi connectivity index (χ4n) is 3.28. The van der Waals surface area contributed by atoms with Crippen LogP contribution >= 0.6 is 11.3 Å². The quantitative estimate of drug-likeness (QED) is 0.493. The maximum Gasteiger partial charge on any atom is 0.261 e. The summed E-state index contributed by atoms with van der Waals surface area (Å²) in [5.41, 5.74) is 1.62. The van der Waals surface area contributed by atoms with Gasteiger partial charge in [-0.1, -0.05) is 12.1 Å². The van der Waals surface area contributed by atoms with Gasteiger partial charge in [-0.25, -0.2) is 4.39 Å². The summed E-state index contributed by atoms with van der Waals surface area (Å²) in [6, 6.07) is 10.6. The lowest BCUT2D eigenvalue weighted by Crippen LogP contribution is -2.25. The number of carbonyl (C=O) groups is 1. The van der Waals surface area contributed by atoms with Crippen molar-refractivity contribution < 1.29 is 23.4 Å². The Hall–Kier alpha value is -2.64. The molecule has 1 heterocycles. The van der Waals surface area contributed by atoms with Gasteiger partial charge >= 0.3 is 0 Å². The van der Waals surface area contributed by atoms with E-state index < -0.39 is 0 Å². The molecule has 0 atom stereocenters. The minimum atomic E-state index is -0.340. The molecular weight excluding hydrogens is 405 g/mol. The third-order valence-corrected chi connectivity index (χ3v) is 5.76. The molecule has 2 aromatic carbocycles. The molecule has 5 nitrogen and oxygen atoms in total. The van der Waals surface area contributed by atoms with E-state index in [0.29, 0.717) is 53.5 Å². The largest absolute Gasteiger partial charge is 0.490 e. The van der Waals surface area contributed by atoms with Gasteiger partial charge in [-0.2, -0.15) is 0 Å². The van der Waals surface area contributed by atoms with Crippen molar-refractivity contribution in [1.82, 2.24) is 5.32 Å². The summed E-state index contributed by atoms with van der Waals surface area (Å²) in [5, 5.41) is 3.40. The smallest absolute Gasteiger partial charge is 0.261 e. The predicted octanol–water partition coefficient (Wildman–Crippen LogP) is 4.96. The molecule has 0 spiro atoms. The first-order chi connectivity index (χ1) is 14.6. The maximum absolute atomic E-state index is 14.3. The van der Waals surface area contributed by atoms with Crippen LogP contribution in [0.3, 0.4) is 0 Å². The van der Waals surface area contributed by atoms with Crippen LogP contribution in [-0.4, -0.2) is 32.8 Å². The third kappa shape index (κ3) is 4.91. The van der Waals surface area contributed by atoms with Gasteiger partial charge in [-0.3, -0.25) is 4.79 Å². The number of benzene rings is 2. The number of fused-ring (bicyclic) bond motifs is 1. The Bertz CT molecular complexity index is 1020. The molecule has 1 N–H and O–H groups in total. The molecule has 3 aromatic rings. The number of ether oxygens (including phenoxy) is 3. The minimum absolute atomic E-state index is 0.181. The number of methoxy groups -OCH3 is 1. The topological polar surface area (TPSA) is 56.8 Å². The summed E-state index contributed by atoms with van der Waals surface area (Å²) < 4.78 is 31.5. The van der Waals surface area contributed by atoms with Crippen molar-refractivity contribution in [1.29, 1.82) is 0 Å². The van der Waals surface area contributed by atoms with E-state index in [0.717, 1.165) is 10.3 Å². The second-order valence-corrected chi connectivity index (χ2v) is 7.66. The predicted molar refractivity (Wildman–Crippen MR) is 117 cm³/mol. The number of thiophene rings is 1. The fourth-order valence-corrected chi connectivity index (χ4v) is 4.42. The Morgan fingerprint density at radius 3 is 2.60 bits per heavy atom. The normalized spacial score (nSPS) is 10.9. The Balaban J connectivity index is 1.71. The van der Waals surface area contributed by atoms with E-state index in [2.05, 4.69) is 5.32 Å². The zero-order chi connectivity index (χ0) is 21.5. The van der Waals surface area contributed by atoms with Crippen molar-refractivity contribution in [2.45, 2.75) is 26.9 Å². The molecule has 30 heavy (non-hydrogen) atoms. The van der Waals surface area contributed by atoms with Gasteiger partial charge in [0.05, 0.1) is 24.7 Å². The number of hydrogen-bond donors (Lipinski definition) is 1. The van der Waals surface area contributed by atoms with Gasteiger partial charge in [0, 0.05) is 29.3 Å². The van der Waals surface area contributed by atoms with Crippen molar-refractivity contribution >= 4 is 27.3 Å². The van der Waals surface area contributed by atoms with Crippen LogP contribution < -0.4 is 14.8 Å². The number of nitrogens with one attached hydrogen (secondary N) is 1. The molecule has 3 rings (SSSR count). The standard InChI is InChI=1S/C23H26FNO4S/c1-4-28-18-10-9-15(13-19(18)29-5-2)11-12-25-23(26)22-16(14-27-3)21-17(24)7-6-8-20(21)30-22/h6-10,13H,4-5,11-12,14H2,1-3H3,(H,25,26). The highest BCUT2D eigenvalue weighted by Gasteiger charge is 2.20. The molecule has 0 saturated heterocycles. The Kier molecular flexibility index (Phi) is 7.65. The number of amides is 1. The second-order valence-electron chi connectivity index (χ2n) is 6.61. The first-order valence-corrected chi connectivity index (χ1v) is 10.8. The molecule has 0 fully saturated rings. The van der Waals surface area contributed by atoms with Crippen molar-refractivity contribution in [3.63, 3.8) is 0 Å². The molecule has 0 aliphatic rings. The SMILES string of the molecule is CCOc1ccc(CCNC(=O)c2sc3cccc(F)c3c2COC)cc1OCC. The first-order valence-electron chi connectivity index (χ1n) is 9.94. The van der Waals surface area contributed by atoms with Gasteiger partial charge in [0.1, 0.15) is 5.82 Å². The minimum Gasteiger partial charge on any atom is -0.490 e. The Labute approximate surface area is 179 Å². The first kappa shape index (κ1) is 22.1. The molecular formula is C23H26FNO4S. The monoisotopic (exact) mass is 431 g/mol. The van der Waals surface area contributed by atoms with Crippen LogP contribution in [0.2, 0.25) is 0 Å². The summed E-state index contributed by atoms with van der Waals surface area (Å²) in [4.78, 5) is 13.3. The zero-order valence-electron chi connectivity index (χ0n) is 17.4. The lowest BCUT2D eigenvalue weighted by Gasteiger charge is -2.12. The number of carbonyl (C=O) groups excluding carboxylic acids is 1. The van der Waals surface area contributed by atoms with Crippen molar-refractivity contribution in [3.05, 3.63) is 58.2 Å². The van der Waals surface area contributed by atoms with Gasteiger partial charge in [0.2, 0.25) is 0 Å². The number of rotatable bonds is 10. The van der Waals surface area contributed by atoms with E-state index in [4.69, 9.17) is 14.2 Å². The van der Waals surface area contributed by atoms with Crippen LogP contribution in [-0.2, 0) is 17.8 Å². The molecule has 0 unspecified atom stereocenters. The van der Waals surface area contributed by atoms with Crippen LogP contribution in [0.5, 0.6) is 11.5 Å². The molecule has 0 aliphatic heterocycles. The van der Waals surface area contributed by atoms with Gasteiger partial charge in [-0.15, -0.1) is 11.3 Å². The average molecular weight is 432 g/mol. The van der Waals surface area contributed by atoms with Crippen molar-refractivity contribution in [2.24, 2.45) is 0 Å². The third-order valence-electron chi connectivity index (χ3n) is 4.57. The number of halogens is 1. The summed E-state index contributed by atoms with van der Waals surface area (Å²) in [6.07, 6.45) is 0.636. The van der Waals surface area contributed by atoms with E-state index in [9.17, 15) is 9.18 Å². The fraction of sp³-hybridized carbons (Fsp3) is 0.348. The molecule has 1 amide bonds. The number of hydrogen-bond acceptors (Lipinski definition) is 5. The summed E-state index contributed by atoms with van der Waals surface area (Å²) >= 11 is 1.28. The van der Waals surface area contributed by atoms with E-state index in [1.807, 2.05) is 38.1 Å². The summed E-state index contributed by atoms with van der Waals surface area (Å²) in [5.74, 6) is 0.848. The lowest BCUT2D eigenvalue weighted by molar-refractivity contribution is 0.0954. The zero-order valence-corrected chi connectivity index (χ0v) is 18.2.